The monoisotopic (exact) mass is 384 g/mol. The highest BCUT2D eigenvalue weighted by Crippen LogP contribution is 2.45. The summed E-state index contributed by atoms with van der Waals surface area (Å²) in [5.41, 5.74) is -0.918. The Morgan fingerprint density at radius 3 is 2.44 bits per heavy atom. The molecule has 0 N–H and O–H groups in total. The van der Waals surface area contributed by atoms with Gasteiger partial charge in [0.2, 0.25) is 0 Å². The summed E-state index contributed by atoms with van der Waals surface area (Å²) in [5, 5.41) is 0. The normalized spacial score (nSPS) is 42.7. The summed E-state index contributed by atoms with van der Waals surface area (Å²) < 4.78 is 49.9. The van der Waals surface area contributed by atoms with Gasteiger partial charge in [0.1, 0.15) is 6.17 Å². The van der Waals surface area contributed by atoms with Crippen LogP contribution in [0.1, 0.15) is 46.5 Å². The molecule has 0 spiro atoms. The average molecular weight is 384 g/mol. The first-order valence-electron chi connectivity index (χ1n) is 10.3. The third-order valence-electron chi connectivity index (χ3n) is 6.74. The molecule has 5 atom stereocenters. The van der Waals surface area contributed by atoms with Gasteiger partial charge in [-0.1, -0.05) is 0 Å². The molecule has 0 aromatic carbocycles. The van der Waals surface area contributed by atoms with E-state index >= 15 is 0 Å². The molecule has 9 heteroatoms. The van der Waals surface area contributed by atoms with Gasteiger partial charge in [0.15, 0.2) is 0 Å². The zero-order valence-electron chi connectivity index (χ0n) is 16.7. The smallest absolute Gasteiger partial charge is 0.411 e. The zero-order valence-corrected chi connectivity index (χ0v) is 16.7. The van der Waals surface area contributed by atoms with E-state index < -0.39 is 24.5 Å². The van der Waals surface area contributed by atoms with Crippen molar-refractivity contribution in [3.63, 3.8) is 0 Å². The van der Waals surface area contributed by atoms with Gasteiger partial charge >= 0.3 is 14.2 Å². The van der Waals surface area contributed by atoms with Crippen molar-refractivity contribution in [1.82, 2.24) is 0 Å². The second-order valence-corrected chi connectivity index (χ2v) is 9.00. The third-order valence-corrected chi connectivity index (χ3v) is 6.74. The molecule has 0 aliphatic carbocycles. The van der Waals surface area contributed by atoms with Gasteiger partial charge in [-0.2, -0.15) is 0 Å². The minimum absolute atomic E-state index is 0.0515. The van der Waals surface area contributed by atoms with Crippen molar-refractivity contribution in [3.05, 3.63) is 0 Å². The zero-order chi connectivity index (χ0) is 19.1. The van der Waals surface area contributed by atoms with E-state index in [1.165, 1.54) is 0 Å². The van der Waals surface area contributed by atoms with Crippen LogP contribution in [0, 0.1) is 0 Å². The van der Waals surface area contributed by atoms with Crippen molar-refractivity contribution >= 4 is 14.2 Å². The Labute approximate surface area is 162 Å². The van der Waals surface area contributed by atoms with Crippen LogP contribution >= 0.6 is 0 Å². The van der Waals surface area contributed by atoms with Gasteiger partial charge in [0.25, 0.3) is 0 Å². The second-order valence-electron chi connectivity index (χ2n) is 9.00. The summed E-state index contributed by atoms with van der Waals surface area (Å²) in [6.07, 6.45) is 1.84. The number of ether oxygens (including phenoxy) is 2. The number of halogens is 1. The largest absolute Gasteiger partial charge is 0.465 e. The first-order valence-corrected chi connectivity index (χ1v) is 10.3. The fourth-order valence-corrected chi connectivity index (χ4v) is 4.50. The van der Waals surface area contributed by atoms with E-state index in [2.05, 4.69) is 20.8 Å². The van der Waals surface area contributed by atoms with Crippen LogP contribution in [0.15, 0.2) is 0 Å². The van der Waals surface area contributed by atoms with Crippen LogP contribution in [0.4, 0.5) is 4.39 Å². The van der Waals surface area contributed by atoms with E-state index in [4.69, 9.17) is 28.1 Å². The first kappa shape index (κ1) is 20.1. The molecule has 0 aromatic rings. The standard InChI is InChI=1S/C18H31B2FO6/c1-17(2)18(3,27-19(26-17)13-4-7-22-11-13)10-14-5-9-24-20(25-14)15-12-23-8-6-16(15)21/h13-16H,4-12H2,1-3H3. The van der Waals surface area contributed by atoms with E-state index in [9.17, 15) is 4.39 Å². The van der Waals surface area contributed by atoms with Gasteiger partial charge in [0, 0.05) is 57.0 Å². The van der Waals surface area contributed by atoms with Crippen LogP contribution in [-0.4, -0.2) is 70.7 Å². The average Bonchev–Trinajstić information content (AvgIpc) is 3.23. The fourth-order valence-electron chi connectivity index (χ4n) is 4.50. The Kier molecular flexibility index (Phi) is 5.90. The Bertz CT molecular complexity index is 520. The molecule has 6 nitrogen and oxygen atoms in total. The quantitative estimate of drug-likeness (QED) is 0.695. The highest BCUT2D eigenvalue weighted by Gasteiger charge is 2.57. The van der Waals surface area contributed by atoms with Crippen LogP contribution < -0.4 is 0 Å². The lowest BCUT2D eigenvalue weighted by atomic mass is 9.66. The summed E-state index contributed by atoms with van der Waals surface area (Å²) in [4.78, 5) is 0. The Morgan fingerprint density at radius 1 is 0.926 bits per heavy atom. The molecule has 4 saturated heterocycles. The van der Waals surface area contributed by atoms with Crippen molar-refractivity contribution in [2.24, 2.45) is 0 Å². The van der Waals surface area contributed by atoms with Crippen LogP contribution in [0.3, 0.4) is 0 Å². The molecule has 27 heavy (non-hydrogen) atoms. The maximum Gasteiger partial charge on any atom is 0.465 e. The van der Waals surface area contributed by atoms with Gasteiger partial charge in [-0.25, -0.2) is 4.39 Å². The van der Waals surface area contributed by atoms with Gasteiger partial charge in [0.05, 0.1) is 17.8 Å². The molecule has 0 bridgehead atoms. The molecule has 4 aliphatic heterocycles. The molecule has 0 aromatic heterocycles. The summed E-state index contributed by atoms with van der Waals surface area (Å²) >= 11 is 0. The molecule has 4 fully saturated rings. The van der Waals surface area contributed by atoms with E-state index in [1.54, 1.807) is 0 Å². The van der Waals surface area contributed by atoms with Crippen LogP contribution in [-0.2, 0) is 28.1 Å². The molecule has 4 rings (SSSR count). The maximum absolute atomic E-state index is 14.3. The Morgan fingerprint density at radius 2 is 1.70 bits per heavy atom. The number of rotatable bonds is 4. The van der Waals surface area contributed by atoms with Gasteiger partial charge < -0.3 is 28.1 Å². The lowest BCUT2D eigenvalue weighted by Crippen LogP contribution is -2.51. The van der Waals surface area contributed by atoms with Crippen molar-refractivity contribution < 1.29 is 32.5 Å². The van der Waals surface area contributed by atoms with Crippen LogP contribution in [0.2, 0.25) is 11.6 Å². The maximum atomic E-state index is 14.3. The predicted molar refractivity (Wildman–Crippen MR) is 99.5 cm³/mol. The van der Waals surface area contributed by atoms with Crippen molar-refractivity contribution in [2.75, 3.05) is 33.0 Å². The summed E-state index contributed by atoms with van der Waals surface area (Å²) in [6, 6.07) is 0. The molecule has 0 radical (unpaired) electrons. The van der Waals surface area contributed by atoms with E-state index in [1.807, 2.05) is 0 Å². The Hall–Kier alpha value is -0.180. The lowest BCUT2D eigenvalue weighted by Gasteiger charge is -2.42. The summed E-state index contributed by atoms with van der Waals surface area (Å²) in [6.45, 7) is 9.09. The predicted octanol–water partition coefficient (Wildman–Crippen LogP) is 2.66. The SMILES string of the molecule is CC1(C)OB(C2CCOC2)OC1(C)CC1CCOB(C2COCCC2F)O1. The molecule has 0 saturated carbocycles. The molecule has 0 amide bonds. The second kappa shape index (κ2) is 7.92. The minimum atomic E-state index is -0.938. The molecule has 4 heterocycles. The Balaban J connectivity index is 1.39. The van der Waals surface area contributed by atoms with Crippen LogP contribution in [0.5, 0.6) is 0 Å². The molecule has 4 aliphatic rings. The van der Waals surface area contributed by atoms with Gasteiger partial charge in [-0.15, -0.1) is 0 Å². The van der Waals surface area contributed by atoms with Crippen molar-refractivity contribution in [3.8, 4) is 0 Å². The molecule has 5 unspecified atom stereocenters. The third kappa shape index (κ3) is 4.09. The van der Waals surface area contributed by atoms with Gasteiger partial charge in [-0.05, 0) is 33.6 Å². The molecular weight excluding hydrogens is 353 g/mol. The van der Waals surface area contributed by atoms with Gasteiger partial charge in [-0.3, -0.25) is 0 Å². The molecule has 152 valence electrons. The summed E-state index contributed by atoms with van der Waals surface area (Å²) in [7, 11) is -0.794. The van der Waals surface area contributed by atoms with E-state index in [-0.39, 0.29) is 24.9 Å². The number of hydrogen-bond donors (Lipinski definition) is 0. The number of alkyl halides is 1. The molecular formula is C18H31B2FO6. The highest BCUT2D eigenvalue weighted by atomic mass is 19.1. The minimum Gasteiger partial charge on any atom is -0.411 e. The topological polar surface area (TPSA) is 55.4 Å². The fraction of sp³-hybridized carbons (Fsp3) is 1.00. The van der Waals surface area contributed by atoms with Crippen molar-refractivity contribution in [2.45, 2.75) is 81.6 Å². The highest BCUT2D eigenvalue weighted by molar-refractivity contribution is 6.48. The summed E-state index contributed by atoms with van der Waals surface area (Å²) in [5.74, 6) is -0.0763. The van der Waals surface area contributed by atoms with Crippen LogP contribution in [0.25, 0.3) is 0 Å². The first-order chi connectivity index (χ1) is 12.9. The van der Waals surface area contributed by atoms with E-state index in [0.717, 1.165) is 19.4 Å². The lowest BCUT2D eigenvalue weighted by molar-refractivity contribution is -0.0590. The number of hydrogen-bond acceptors (Lipinski definition) is 6. The van der Waals surface area contributed by atoms with E-state index in [0.29, 0.717) is 39.3 Å². The van der Waals surface area contributed by atoms with Crippen molar-refractivity contribution in [1.29, 1.82) is 0 Å².